The first kappa shape index (κ1) is 20.3. The molecule has 1 fully saturated rings. The van der Waals surface area contributed by atoms with Crippen molar-refractivity contribution in [1.82, 2.24) is 10.6 Å². The molecule has 0 heterocycles. The fraction of sp³-hybridized carbons (Fsp3) is 0.947. The Balaban J connectivity index is 2.37. The van der Waals surface area contributed by atoms with Gasteiger partial charge in [-0.25, -0.2) is 4.79 Å². The van der Waals surface area contributed by atoms with Crippen molar-refractivity contribution in [3.05, 3.63) is 0 Å². The molecule has 1 aliphatic carbocycles. The minimum Gasteiger partial charge on any atom is -0.444 e. The van der Waals surface area contributed by atoms with Crippen LogP contribution in [0.2, 0.25) is 0 Å². The summed E-state index contributed by atoms with van der Waals surface area (Å²) in [6.07, 6.45) is 9.82. The lowest BCUT2D eigenvalue weighted by atomic mass is 9.84. The zero-order chi connectivity index (χ0) is 17.3. The van der Waals surface area contributed by atoms with Crippen LogP contribution in [0.15, 0.2) is 0 Å². The zero-order valence-corrected chi connectivity index (χ0v) is 15.9. The van der Waals surface area contributed by atoms with Gasteiger partial charge in [0.15, 0.2) is 0 Å². The van der Waals surface area contributed by atoms with Gasteiger partial charge < -0.3 is 15.4 Å². The number of hydrogen-bond acceptors (Lipinski definition) is 3. The molecule has 3 atom stereocenters. The number of amides is 1. The summed E-state index contributed by atoms with van der Waals surface area (Å²) in [4.78, 5) is 11.9. The number of nitrogens with one attached hydrogen (secondary N) is 2. The van der Waals surface area contributed by atoms with Gasteiger partial charge in [-0.1, -0.05) is 39.0 Å². The molecular formula is C19H38N2O2. The van der Waals surface area contributed by atoms with Crippen LogP contribution < -0.4 is 10.6 Å². The average molecular weight is 327 g/mol. The highest BCUT2D eigenvalue weighted by Gasteiger charge is 2.27. The van der Waals surface area contributed by atoms with E-state index in [1.807, 2.05) is 20.8 Å². The Labute approximate surface area is 143 Å². The van der Waals surface area contributed by atoms with Gasteiger partial charge in [0.1, 0.15) is 5.60 Å². The van der Waals surface area contributed by atoms with E-state index in [0.29, 0.717) is 24.5 Å². The summed E-state index contributed by atoms with van der Waals surface area (Å²) < 4.78 is 5.34. The molecule has 0 bridgehead atoms. The monoisotopic (exact) mass is 326 g/mol. The summed E-state index contributed by atoms with van der Waals surface area (Å²) in [6, 6.07) is 1.09. The Morgan fingerprint density at radius 3 is 2.57 bits per heavy atom. The van der Waals surface area contributed by atoms with Gasteiger partial charge in [0.2, 0.25) is 0 Å². The molecule has 1 saturated carbocycles. The molecule has 2 N–H and O–H groups in total. The molecule has 0 spiro atoms. The van der Waals surface area contributed by atoms with E-state index in [-0.39, 0.29) is 6.09 Å². The minimum absolute atomic E-state index is 0.294. The molecule has 23 heavy (non-hydrogen) atoms. The number of carbonyl (C=O) groups is 1. The summed E-state index contributed by atoms with van der Waals surface area (Å²) in [5.74, 6) is 0.518. The molecule has 0 radical (unpaired) electrons. The van der Waals surface area contributed by atoms with Crippen molar-refractivity contribution in [3.8, 4) is 0 Å². The molecule has 0 aromatic heterocycles. The number of hydrogen-bond donors (Lipinski definition) is 2. The Bertz CT molecular complexity index is 339. The summed E-state index contributed by atoms with van der Waals surface area (Å²) in [5, 5.41) is 6.77. The van der Waals surface area contributed by atoms with Gasteiger partial charge in [-0.2, -0.15) is 0 Å². The topological polar surface area (TPSA) is 50.4 Å². The van der Waals surface area contributed by atoms with Gasteiger partial charge in [-0.05, 0) is 52.9 Å². The van der Waals surface area contributed by atoms with Crippen molar-refractivity contribution in [1.29, 1.82) is 0 Å². The highest BCUT2D eigenvalue weighted by Crippen LogP contribution is 2.25. The fourth-order valence-electron chi connectivity index (χ4n) is 3.35. The van der Waals surface area contributed by atoms with Gasteiger partial charge in [-0.3, -0.25) is 0 Å². The van der Waals surface area contributed by atoms with Gasteiger partial charge >= 0.3 is 6.09 Å². The summed E-state index contributed by atoms with van der Waals surface area (Å²) in [6.45, 7) is 11.0. The highest BCUT2D eigenvalue weighted by atomic mass is 16.6. The van der Waals surface area contributed by atoms with E-state index in [1.165, 1.54) is 51.4 Å². The maximum absolute atomic E-state index is 11.9. The van der Waals surface area contributed by atoms with Crippen molar-refractivity contribution >= 4 is 6.09 Å². The molecule has 1 rings (SSSR count). The quantitative estimate of drug-likeness (QED) is 0.639. The molecule has 0 aromatic rings. The third kappa shape index (κ3) is 9.19. The van der Waals surface area contributed by atoms with Crippen molar-refractivity contribution in [2.45, 2.75) is 104 Å². The standard InChI is InChI=1S/C19H38N2O2/c1-6-7-8-11-15(2)21-17-13-10-9-12-16(17)14-20-18(22)23-19(3,4)5/h15-17,21H,6-14H2,1-5H3,(H,20,22). The molecule has 136 valence electrons. The second-order valence-corrected chi connectivity index (χ2v) is 8.10. The van der Waals surface area contributed by atoms with Crippen LogP contribution in [0.3, 0.4) is 0 Å². The van der Waals surface area contributed by atoms with Crippen LogP contribution in [0.4, 0.5) is 4.79 Å². The van der Waals surface area contributed by atoms with Crippen LogP contribution in [0.25, 0.3) is 0 Å². The molecule has 1 aliphatic rings. The van der Waals surface area contributed by atoms with E-state index in [2.05, 4.69) is 24.5 Å². The highest BCUT2D eigenvalue weighted by molar-refractivity contribution is 5.67. The van der Waals surface area contributed by atoms with E-state index < -0.39 is 5.60 Å². The first-order chi connectivity index (χ1) is 10.8. The second-order valence-electron chi connectivity index (χ2n) is 8.10. The molecule has 4 nitrogen and oxygen atoms in total. The predicted molar refractivity (Wildman–Crippen MR) is 96.7 cm³/mol. The normalized spacial score (nSPS) is 23.3. The minimum atomic E-state index is -0.428. The molecule has 3 unspecified atom stereocenters. The zero-order valence-electron chi connectivity index (χ0n) is 15.9. The maximum atomic E-state index is 11.9. The molecule has 4 heteroatoms. The number of unbranched alkanes of at least 4 members (excludes halogenated alkanes) is 2. The third-order valence-electron chi connectivity index (χ3n) is 4.56. The Morgan fingerprint density at radius 1 is 1.22 bits per heavy atom. The summed E-state index contributed by atoms with van der Waals surface area (Å²) >= 11 is 0. The van der Waals surface area contributed by atoms with Gasteiger partial charge in [0, 0.05) is 18.6 Å². The Kier molecular flexibility index (Phi) is 8.96. The molecule has 1 amide bonds. The maximum Gasteiger partial charge on any atom is 0.407 e. The molecule has 0 saturated heterocycles. The first-order valence-electron chi connectivity index (χ1n) is 9.54. The Hall–Kier alpha value is -0.770. The summed E-state index contributed by atoms with van der Waals surface area (Å²) in [5.41, 5.74) is -0.428. The Morgan fingerprint density at radius 2 is 1.91 bits per heavy atom. The number of alkyl carbamates (subject to hydrolysis) is 1. The fourth-order valence-corrected chi connectivity index (χ4v) is 3.35. The molecule has 0 aromatic carbocycles. The van der Waals surface area contributed by atoms with Crippen LogP contribution >= 0.6 is 0 Å². The number of carbonyl (C=O) groups excluding carboxylic acids is 1. The predicted octanol–water partition coefficient (Wildman–Crippen LogP) is 4.63. The summed E-state index contributed by atoms with van der Waals surface area (Å²) in [7, 11) is 0. The van der Waals surface area contributed by atoms with E-state index in [4.69, 9.17) is 4.74 Å². The lowest BCUT2D eigenvalue weighted by Crippen LogP contribution is -2.47. The van der Waals surface area contributed by atoms with Crippen molar-refractivity contribution < 1.29 is 9.53 Å². The van der Waals surface area contributed by atoms with Crippen LogP contribution in [-0.4, -0.2) is 30.3 Å². The van der Waals surface area contributed by atoms with Crippen LogP contribution in [0.5, 0.6) is 0 Å². The number of rotatable bonds is 8. The number of ether oxygens (including phenoxy) is 1. The molecular weight excluding hydrogens is 288 g/mol. The second kappa shape index (κ2) is 10.2. The lowest BCUT2D eigenvalue weighted by Gasteiger charge is -2.34. The van der Waals surface area contributed by atoms with Crippen LogP contribution in [-0.2, 0) is 4.74 Å². The first-order valence-corrected chi connectivity index (χ1v) is 9.54. The average Bonchev–Trinajstić information content (AvgIpc) is 2.45. The van der Waals surface area contributed by atoms with E-state index in [0.717, 1.165) is 0 Å². The van der Waals surface area contributed by atoms with Crippen molar-refractivity contribution in [2.24, 2.45) is 5.92 Å². The third-order valence-corrected chi connectivity index (χ3v) is 4.56. The largest absolute Gasteiger partial charge is 0.444 e. The smallest absolute Gasteiger partial charge is 0.407 e. The van der Waals surface area contributed by atoms with Gasteiger partial charge in [-0.15, -0.1) is 0 Å². The van der Waals surface area contributed by atoms with E-state index in [9.17, 15) is 4.79 Å². The SMILES string of the molecule is CCCCCC(C)NC1CCCCC1CNC(=O)OC(C)(C)C. The van der Waals surface area contributed by atoms with Crippen LogP contribution in [0.1, 0.15) is 86.0 Å². The van der Waals surface area contributed by atoms with E-state index >= 15 is 0 Å². The van der Waals surface area contributed by atoms with Gasteiger partial charge in [0.25, 0.3) is 0 Å². The van der Waals surface area contributed by atoms with Crippen molar-refractivity contribution in [2.75, 3.05) is 6.54 Å². The molecule has 0 aliphatic heterocycles. The van der Waals surface area contributed by atoms with Gasteiger partial charge in [0.05, 0.1) is 0 Å². The lowest BCUT2D eigenvalue weighted by molar-refractivity contribution is 0.0510. The van der Waals surface area contributed by atoms with Crippen molar-refractivity contribution in [3.63, 3.8) is 0 Å². The van der Waals surface area contributed by atoms with E-state index in [1.54, 1.807) is 0 Å². The van der Waals surface area contributed by atoms with Crippen LogP contribution in [0, 0.1) is 5.92 Å².